The third-order valence-corrected chi connectivity index (χ3v) is 5.66. The molecule has 0 saturated heterocycles. The third-order valence-electron chi connectivity index (χ3n) is 5.66. The molecule has 1 aromatic heterocycles. The van der Waals surface area contributed by atoms with E-state index in [1.807, 2.05) is 24.3 Å². The standard InChI is InChI=1S/C26H27N5O5.ClH/c1-33-19-11-10-16(12-18(19)28-26(32)22(27)15-8-6-5-7-9-15)23-24(30-31-29-23)17-13-20(34-2)25(36-4)21(14-17)35-3;/h5-14,22H,27H2,1-4H3,(H,28,32)(H,29,30,31);1H. The Kier molecular flexibility index (Phi) is 8.94. The van der Waals surface area contributed by atoms with Crippen molar-refractivity contribution in [2.24, 2.45) is 5.73 Å². The Balaban J connectivity index is 0.00000380. The molecule has 3 aromatic carbocycles. The summed E-state index contributed by atoms with van der Waals surface area (Å²) in [5.41, 5.74) is 9.82. The van der Waals surface area contributed by atoms with Crippen LogP contribution in [0.15, 0.2) is 60.7 Å². The fourth-order valence-electron chi connectivity index (χ4n) is 3.83. The lowest BCUT2D eigenvalue weighted by Gasteiger charge is -2.16. The zero-order valence-corrected chi connectivity index (χ0v) is 21.6. The van der Waals surface area contributed by atoms with Crippen molar-refractivity contribution in [3.8, 4) is 45.5 Å². The van der Waals surface area contributed by atoms with Gasteiger partial charge in [0.05, 0.1) is 34.1 Å². The molecular formula is C26H28ClN5O5. The van der Waals surface area contributed by atoms with Gasteiger partial charge in [0.2, 0.25) is 11.7 Å². The van der Waals surface area contributed by atoms with Crippen LogP contribution in [0.4, 0.5) is 5.69 Å². The van der Waals surface area contributed by atoms with Crippen LogP contribution in [0, 0.1) is 0 Å². The van der Waals surface area contributed by atoms with Crippen LogP contribution in [0.25, 0.3) is 22.5 Å². The molecule has 1 atom stereocenters. The molecular weight excluding hydrogens is 498 g/mol. The van der Waals surface area contributed by atoms with Gasteiger partial charge in [-0.25, -0.2) is 0 Å². The summed E-state index contributed by atoms with van der Waals surface area (Å²) in [5.74, 6) is 1.54. The van der Waals surface area contributed by atoms with E-state index in [4.69, 9.17) is 24.7 Å². The Hall–Kier alpha value is -4.28. The minimum absolute atomic E-state index is 0. The highest BCUT2D eigenvalue weighted by Crippen LogP contribution is 2.42. The Morgan fingerprint density at radius 2 is 1.41 bits per heavy atom. The highest BCUT2D eigenvalue weighted by molar-refractivity contribution is 5.97. The fraction of sp³-hybridized carbons (Fsp3) is 0.192. The molecule has 11 heteroatoms. The molecule has 4 rings (SSSR count). The molecule has 4 aromatic rings. The Morgan fingerprint density at radius 3 is 1.97 bits per heavy atom. The van der Waals surface area contributed by atoms with E-state index in [9.17, 15) is 4.79 Å². The second-order valence-electron chi connectivity index (χ2n) is 7.73. The number of benzene rings is 3. The van der Waals surface area contributed by atoms with Crippen LogP contribution in [0.1, 0.15) is 11.6 Å². The molecule has 1 unspecified atom stereocenters. The summed E-state index contributed by atoms with van der Waals surface area (Å²) in [6, 6.07) is 17.2. The van der Waals surface area contributed by atoms with E-state index >= 15 is 0 Å². The number of carbonyl (C=O) groups is 1. The number of nitrogens with one attached hydrogen (secondary N) is 2. The van der Waals surface area contributed by atoms with Gasteiger partial charge in [0.15, 0.2) is 11.5 Å². The number of aromatic amines is 1. The Labute approximate surface area is 220 Å². The van der Waals surface area contributed by atoms with Crippen molar-refractivity contribution in [2.75, 3.05) is 33.8 Å². The molecule has 0 aliphatic carbocycles. The van der Waals surface area contributed by atoms with Gasteiger partial charge in [0.1, 0.15) is 23.2 Å². The number of rotatable bonds is 9. The average molecular weight is 526 g/mol. The van der Waals surface area contributed by atoms with E-state index in [2.05, 4.69) is 20.7 Å². The van der Waals surface area contributed by atoms with Crippen LogP contribution in [-0.2, 0) is 4.79 Å². The van der Waals surface area contributed by atoms with Crippen molar-refractivity contribution in [1.82, 2.24) is 15.4 Å². The molecule has 0 saturated carbocycles. The van der Waals surface area contributed by atoms with E-state index in [-0.39, 0.29) is 18.3 Å². The number of methoxy groups -OCH3 is 4. The van der Waals surface area contributed by atoms with Crippen molar-refractivity contribution in [2.45, 2.75) is 6.04 Å². The van der Waals surface area contributed by atoms with Gasteiger partial charge in [0.25, 0.3) is 0 Å². The number of nitrogens with two attached hydrogens (primary N) is 1. The van der Waals surface area contributed by atoms with E-state index in [1.54, 1.807) is 57.7 Å². The molecule has 4 N–H and O–H groups in total. The maximum atomic E-state index is 12.9. The first-order valence-electron chi connectivity index (χ1n) is 11.0. The summed E-state index contributed by atoms with van der Waals surface area (Å²) in [6.07, 6.45) is 0. The number of nitrogens with zero attached hydrogens (tertiary/aromatic N) is 2. The number of aromatic nitrogens is 3. The summed E-state index contributed by atoms with van der Waals surface area (Å²) in [4.78, 5) is 12.9. The second kappa shape index (κ2) is 12.1. The summed E-state index contributed by atoms with van der Waals surface area (Å²) in [7, 11) is 6.16. The van der Waals surface area contributed by atoms with Gasteiger partial charge in [0, 0.05) is 11.1 Å². The minimum atomic E-state index is -0.846. The largest absolute Gasteiger partial charge is 0.495 e. The van der Waals surface area contributed by atoms with Crippen molar-refractivity contribution in [3.63, 3.8) is 0 Å². The van der Waals surface area contributed by atoms with Gasteiger partial charge >= 0.3 is 0 Å². The normalized spacial score (nSPS) is 11.2. The number of halogens is 1. The second-order valence-corrected chi connectivity index (χ2v) is 7.73. The van der Waals surface area contributed by atoms with Crippen molar-refractivity contribution < 1.29 is 23.7 Å². The number of hydrogen-bond acceptors (Lipinski definition) is 8. The summed E-state index contributed by atoms with van der Waals surface area (Å²) >= 11 is 0. The first-order chi connectivity index (χ1) is 17.5. The topological polar surface area (TPSA) is 134 Å². The lowest BCUT2D eigenvalue weighted by Crippen LogP contribution is -2.27. The molecule has 194 valence electrons. The predicted molar refractivity (Wildman–Crippen MR) is 143 cm³/mol. The van der Waals surface area contributed by atoms with Crippen LogP contribution in [0.2, 0.25) is 0 Å². The maximum Gasteiger partial charge on any atom is 0.245 e. The molecule has 10 nitrogen and oxygen atoms in total. The molecule has 0 aliphatic rings. The Bertz CT molecular complexity index is 1340. The minimum Gasteiger partial charge on any atom is -0.495 e. The van der Waals surface area contributed by atoms with Crippen LogP contribution in [0.3, 0.4) is 0 Å². The predicted octanol–water partition coefficient (Wildman–Crippen LogP) is 4.23. The van der Waals surface area contributed by atoms with Crippen LogP contribution in [0.5, 0.6) is 23.0 Å². The van der Waals surface area contributed by atoms with Gasteiger partial charge in [-0.05, 0) is 35.9 Å². The summed E-state index contributed by atoms with van der Waals surface area (Å²) < 4.78 is 21.8. The zero-order chi connectivity index (χ0) is 25.7. The number of carbonyl (C=O) groups excluding carboxylic acids is 1. The van der Waals surface area contributed by atoms with Crippen LogP contribution >= 0.6 is 12.4 Å². The number of amides is 1. The molecule has 1 amide bonds. The maximum absolute atomic E-state index is 12.9. The number of H-pyrrole nitrogens is 1. The summed E-state index contributed by atoms with van der Waals surface area (Å²) in [5, 5.41) is 14.2. The molecule has 0 spiro atoms. The first kappa shape index (κ1) is 27.3. The van der Waals surface area contributed by atoms with E-state index < -0.39 is 6.04 Å². The number of anilines is 1. The van der Waals surface area contributed by atoms with Crippen molar-refractivity contribution in [1.29, 1.82) is 0 Å². The fourth-order valence-corrected chi connectivity index (χ4v) is 3.83. The van der Waals surface area contributed by atoms with E-state index in [1.165, 1.54) is 7.11 Å². The van der Waals surface area contributed by atoms with Crippen molar-refractivity contribution >= 4 is 24.0 Å². The molecule has 37 heavy (non-hydrogen) atoms. The van der Waals surface area contributed by atoms with E-state index in [0.29, 0.717) is 56.8 Å². The SMILES string of the molecule is COc1ccc(-c2n[nH]nc2-c2cc(OC)c(OC)c(OC)c2)cc1NC(=O)C(N)c1ccccc1.Cl. The van der Waals surface area contributed by atoms with E-state index in [0.717, 1.165) is 0 Å². The monoisotopic (exact) mass is 525 g/mol. The molecule has 0 bridgehead atoms. The number of hydrogen-bond donors (Lipinski definition) is 3. The van der Waals surface area contributed by atoms with Crippen LogP contribution < -0.4 is 30.0 Å². The zero-order valence-electron chi connectivity index (χ0n) is 20.8. The average Bonchev–Trinajstić information content (AvgIpc) is 3.42. The van der Waals surface area contributed by atoms with Gasteiger partial charge in [-0.2, -0.15) is 15.4 Å². The van der Waals surface area contributed by atoms with Gasteiger partial charge in [-0.1, -0.05) is 30.3 Å². The number of ether oxygens (including phenoxy) is 4. The van der Waals surface area contributed by atoms with Gasteiger partial charge in [-0.15, -0.1) is 12.4 Å². The molecule has 0 aliphatic heterocycles. The third kappa shape index (κ3) is 5.60. The van der Waals surface area contributed by atoms with Crippen molar-refractivity contribution in [3.05, 3.63) is 66.2 Å². The Morgan fingerprint density at radius 1 is 0.811 bits per heavy atom. The smallest absolute Gasteiger partial charge is 0.245 e. The molecule has 0 fully saturated rings. The molecule has 1 heterocycles. The summed E-state index contributed by atoms with van der Waals surface area (Å²) in [6.45, 7) is 0. The lowest BCUT2D eigenvalue weighted by atomic mass is 10.0. The van der Waals surface area contributed by atoms with Gasteiger partial charge in [-0.3, -0.25) is 4.79 Å². The highest BCUT2D eigenvalue weighted by atomic mass is 35.5. The first-order valence-corrected chi connectivity index (χ1v) is 11.0. The van der Waals surface area contributed by atoms with Gasteiger partial charge < -0.3 is 30.0 Å². The lowest BCUT2D eigenvalue weighted by molar-refractivity contribution is -0.117. The quantitative estimate of drug-likeness (QED) is 0.295. The highest BCUT2D eigenvalue weighted by Gasteiger charge is 2.21. The molecule has 0 radical (unpaired) electrons. The van der Waals surface area contributed by atoms with Crippen LogP contribution in [-0.4, -0.2) is 49.8 Å².